The van der Waals surface area contributed by atoms with Crippen LogP contribution in [0.1, 0.15) is 26.7 Å². The zero-order chi connectivity index (χ0) is 13.0. The predicted molar refractivity (Wildman–Crippen MR) is 81.9 cm³/mol. The molecular weight excluding hydrogens is 260 g/mol. The summed E-state index contributed by atoms with van der Waals surface area (Å²) in [7, 11) is 0. The Bertz CT molecular complexity index is 396. The van der Waals surface area contributed by atoms with Gasteiger partial charge >= 0.3 is 0 Å². The largest absolute Gasteiger partial charge is 0.316 e. The van der Waals surface area contributed by atoms with Crippen LogP contribution < -0.4 is 10.2 Å². The molecule has 1 aromatic rings. The summed E-state index contributed by atoms with van der Waals surface area (Å²) in [6.07, 6.45) is 1.59. The van der Waals surface area contributed by atoms with Crippen molar-refractivity contribution in [2.45, 2.75) is 32.7 Å². The van der Waals surface area contributed by atoms with Gasteiger partial charge in [-0.1, -0.05) is 32.0 Å². The molecule has 2 rings (SSSR count). The van der Waals surface area contributed by atoms with E-state index in [0.29, 0.717) is 18.4 Å². The molecule has 0 bridgehead atoms. The van der Waals surface area contributed by atoms with E-state index in [1.54, 1.807) is 0 Å². The Labute approximate surface area is 121 Å². The minimum atomic E-state index is 0. The van der Waals surface area contributed by atoms with Gasteiger partial charge in [0.25, 0.3) is 0 Å². The molecule has 1 saturated heterocycles. The van der Waals surface area contributed by atoms with Crippen LogP contribution in [-0.4, -0.2) is 25.0 Å². The third-order valence-electron chi connectivity index (χ3n) is 3.68. The topological polar surface area (TPSA) is 32.3 Å². The number of carbonyl (C=O) groups is 1. The number of hydrogen-bond donors (Lipinski definition) is 1. The molecule has 1 N–H and O–H groups in total. The van der Waals surface area contributed by atoms with Crippen LogP contribution in [0.25, 0.3) is 0 Å². The summed E-state index contributed by atoms with van der Waals surface area (Å²) in [4.78, 5) is 14.3. The molecule has 19 heavy (non-hydrogen) atoms. The number of rotatable bonds is 3. The lowest BCUT2D eigenvalue weighted by Crippen LogP contribution is -2.51. The maximum atomic E-state index is 12.3. The summed E-state index contributed by atoms with van der Waals surface area (Å²) in [5.74, 6) is 0.717. The zero-order valence-electron chi connectivity index (χ0n) is 11.6. The van der Waals surface area contributed by atoms with Gasteiger partial charge in [-0.2, -0.15) is 0 Å². The second-order valence-electron chi connectivity index (χ2n) is 4.99. The molecule has 1 heterocycles. The van der Waals surface area contributed by atoms with E-state index in [4.69, 9.17) is 0 Å². The molecule has 3 nitrogen and oxygen atoms in total. The van der Waals surface area contributed by atoms with Crippen molar-refractivity contribution in [1.82, 2.24) is 5.32 Å². The Hall–Kier alpha value is -1.06. The monoisotopic (exact) mass is 282 g/mol. The highest BCUT2D eigenvalue weighted by Crippen LogP contribution is 2.25. The second kappa shape index (κ2) is 7.51. The van der Waals surface area contributed by atoms with Gasteiger partial charge in [0, 0.05) is 18.2 Å². The average molecular weight is 283 g/mol. The number of hydrogen-bond acceptors (Lipinski definition) is 2. The summed E-state index contributed by atoms with van der Waals surface area (Å²) >= 11 is 0. The van der Waals surface area contributed by atoms with Crippen molar-refractivity contribution >= 4 is 24.0 Å². The number of anilines is 1. The molecule has 106 valence electrons. The quantitative estimate of drug-likeness (QED) is 0.925. The van der Waals surface area contributed by atoms with E-state index in [1.165, 1.54) is 0 Å². The van der Waals surface area contributed by atoms with E-state index in [0.717, 1.165) is 25.2 Å². The van der Waals surface area contributed by atoms with Crippen LogP contribution in [-0.2, 0) is 4.79 Å². The summed E-state index contributed by atoms with van der Waals surface area (Å²) in [5, 5.41) is 3.39. The second-order valence-corrected chi connectivity index (χ2v) is 4.99. The van der Waals surface area contributed by atoms with Crippen molar-refractivity contribution in [1.29, 1.82) is 0 Å². The SMILES string of the molecule is CCC(=O)N(c1ccccc1)[C@H]1CCNC[C@H]1C.Cl. The smallest absolute Gasteiger partial charge is 0.226 e. The Morgan fingerprint density at radius 3 is 2.63 bits per heavy atom. The fourth-order valence-corrected chi connectivity index (χ4v) is 2.66. The number of para-hydroxylation sites is 1. The van der Waals surface area contributed by atoms with Crippen molar-refractivity contribution in [3.05, 3.63) is 30.3 Å². The fourth-order valence-electron chi connectivity index (χ4n) is 2.66. The van der Waals surface area contributed by atoms with E-state index in [1.807, 2.05) is 42.2 Å². The molecule has 1 aromatic carbocycles. The number of benzene rings is 1. The van der Waals surface area contributed by atoms with Crippen LogP contribution in [0.2, 0.25) is 0 Å². The number of carbonyl (C=O) groups excluding carboxylic acids is 1. The fraction of sp³-hybridized carbons (Fsp3) is 0.533. The lowest BCUT2D eigenvalue weighted by atomic mass is 9.93. The summed E-state index contributed by atoms with van der Waals surface area (Å²) < 4.78 is 0. The molecule has 4 heteroatoms. The van der Waals surface area contributed by atoms with Crippen LogP contribution in [0, 0.1) is 5.92 Å². The lowest BCUT2D eigenvalue weighted by Gasteiger charge is -2.39. The maximum Gasteiger partial charge on any atom is 0.226 e. The van der Waals surface area contributed by atoms with E-state index >= 15 is 0 Å². The van der Waals surface area contributed by atoms with E-state index in [9.17, 15) is 4.79 Å². The van der Waals surface area contributed by atoms with Crippen molar-refractivity contribution in [2.24, 2.45) is 5.92 Å². The molecule has 1 aliphatic rings. The van der Waals surface area contributed by atoms with Gasteiger partial charge in [0.05, 0.1) is 0 Å². The zero-order valence-corrected chi connectivity index (χ0v) is 12.5. The Kier molecular flexibility index (Phi) is 6.32. The summed E-state index contributed by atoms with van der Waals surface area (Å²) in [5.41, 5.74) is 1.03. The van der Waals surface area contributed by atoms with Crippen molar-refractivity contribution < 1.29 is 4.79 Å². The van der Waals surface area contributed by atoms with Gasteiger partial charge < -0.3 is 10.2 Å². The van der Waals surface area contributed by atoms with Gasteiger partial charge in [-0.3, -0.25) is 4.79 Å². The third kappa shape index (κ3) is 3.71. The summed E-state index contributed by atoms with van der Waals surface area (Å²) in [6.45, 7) is 6.14. The van der Waals surface area contributed by atoms with Crippen LogP contribution >= 0.6 is 12.4 Å². The molecule has 0 aliphatic carbocycles. The lowest BCUT2D eigenvalue weighted by molar-refractivity contribution is -0.119. The van der Waals surface area contributed by atoms with Crippen LogP contribution in [0.15, 0.2) is 30.3 Å². The number of halogens is 1. The number of piperidine rings is 1. The maximum absolute atomic E-state index is 12.3. The molecule has 2 atom stereocenters. The first kappa shape index (κ1) is 16.0. The molecule has 0 unspecified atom stereocenters. The standard InChI is InChI=1S/C15H22N2O.ClH/c1-3-15(18)17(13-7-5-4-6-8-13)14-9-10-16-11-12(14)2;/h4-8,12,14,16H,3,9-11H2,1-2H3;1H/t12-,14+;/m1./s1. The Morgan fingerprint density at radius 2 is 2.05 bits per heavy atom. The molecule has 1 fully saturated rings. The Balaban J connectivity index is 0.00000180. The minimum absolute atomic E-state index is 0. The van der Waals surface area contributed by atoms with Crippen LogP contribution in [0.4, 0.5) is 5.69 Å². The highest BCUT2D eigenvalue weighted by molar-refractivity contribution is 5.93. The predicted octanol–water partition coefficient (Wildman–Crippen LogP) is 2.85. The highest BCUT2D eigenvalue weighted by atomic mass is 35.5. The first-order chi connectivity index (χ1) is 8.74. The molecule has 1 amide bonds. The van der Waals surface area contributed by atoms with Gasteiger partial charge in [0.2, 0.25) is 5.91 Å². The minimum Gasteiger partial charge on any atom is -0.316 e. The average Bonchev–Trinajstić information content (AvgIpc) is 2.42. The van der Waals surface area contributed by atoms with E-state index in [2.05, 4.69) is 12.2 Å². The van der Waals surface area contributed by atoms with Crippen LogP contribution in [0.5, 0.6) is 0 Å². The van der Waals surface area contributed by atoms with Crippen molar-refractivity contribution in [2.75, 3.05) is 18.0 Å². The van der Waals surface area contributed by atoms with Crippen molar-refractivity contribution in [3.63, 3.8) is 0 Å². The normalized spacial score (nSPS) is 22.4. The third-order valence-corrected chi connectivity index (χ3v) is 3.68. The first-order valence-corrected chi connectivity index (χ1v) is 6.82. The molecule has 0 spiro atoms. The summed E-state index contributed by atoms with van der Waals surface area (Å²) in [6, 6.07) is 10.4. The molecule has 0 radical (unpaired) electrons. The first-order valence-electron chi connectivity index (χ1n) is 6.82. The van der Waals surface area contributed by atoms with Gasteiger partial charge in [0.1, 0.15) is 0 Å². The number of amides is 1. The van der Waals surface area contributed by atoms with Crippen LogP contribution in [0.3, 0.4) is 0 Å². The molecular formula is C15H23ClN2O. The molecule has 0 saturated carbocycles. The van der Waals surface area contributed by atoms with E-state index < -0.39 is 0 Å². The van der Waals surface area contributed by atoms with E-state index in [-0.39, 0.29) is 18.3 Å². The van der Waals surface area contributed by atoms with Gasteiger partial charge in [-0.25, -0.2) is 0 Å². The highest BCUT2D eigenvalue weighted by Gasteiger charge is 2.30. The van der Waals surface area contributed by atoms with Gasteiger partial charge in [-0.05, 0) is 37.6 Å². The number of nitrogens with one attached hydrogen (secondary N) is 1. The van der Waals surface area contributed by atoms with Gasteiger partial charge in [0.15, 0.2) is 0 Å². The molecule has 1 aliphatic heterocycles. The Morgan fingerprint density at radius 1 is 1.37 bits per heavy atom. The van der Waals surface area contributed by atoms with Crippen molar-refractivity contribution in [3.8, 4) is 0 Å². The molecule has 0 aromatic heterocycles. The van der Waals surface area contributed by atoms with Gasteiger partial charge in [-0.15, -0.1) is 12.4 Å². The number of nitrogens with zero attached hydrogens (tertiary/aromatic N) is 1.